The lowest BCUT2D eigenvalue weighted by molar-refractivity contribution is -0.119. The van der Waals surface area contributed by atoms with Gasteiger partial charge < -0.3 is 15.2 Å². The van der Waals surface area contributed by atoms with Crippen molar-refractivity contribution in [3.63, 3.8) is 0 Å². The molecule has 1 amide bonds. The van der Waals surface area contributed by atoms with Crippen LogP contribution in [0.4, 0.5) is 4.39 Å². The van der Waals surface area contributed by atoms with Crippen LogP contribution in [0.1, 0.15) is 25.3 Å². The van der Waals surface area contributed by atoms with Crippen LogP contribution in [-0.4, -0.2) is 30.3 Å². The predicted molar refractivity (Wildman–Crippen MR) is 78.3 cm³/mol. The van der Waals surface area contributed by atoms with Gasteiger partial charge in [0.1, 0.15) is 0 Å². The molecule has 1 saturated carbocycles. The molecule has 0 bridgehead atoms. The summed E-state index contributed by atoms with van der Waals surface area (Å²) in [5.41, 5.74) is 0.0996. The number of nitrogens with one attached hydrogen (secondary N) is 1. The molecule has 1 fully saturated rings. The van der Waals surface area contributed by atoms with E-state index in [1.165, 1.54) is 25.3 Å². The third kappa shape index (κ3) is 3.82. The fraction of sp³-hybridized carbons (Fsp3) is 0.438. The molecule has 0 saturated heterocycles. The second kappa shape index (κ2) is 6.26. The Balaban J connectivity index is 2.01. The number of hydrogen-bond acceptors (Lipinski definition) is 3. The minimum Gasteiger partial charge on any atom is -0.494 e. The van der Waals surface area contributed by atoms with Crippen molar-refractivity contribution in [2.45, 2.75) is 25.3 Å². The molecular weight excluding hydrogens is 273 g/mol. The maximum Gasteiger partial charge on any atom is 0.244 e. The molecule has 1 unspecified atom stereocenters. The van der Waals surface area contributed by atoms with Crippen LogP contribution in [0.3, 0.4) is 0 Å². The summed E-state index contributed by atoms with van der Waals surface area (Å²) in [6, 6.07) is 4.37. The number of hydrogen-bond donors (Lipinski definition) is 2. The van der Waals surface area contributed by atoms with E-state index in [0.717, 1.165) is 12.8 Å². The van der Waals surface area contributed by atoms with Gasteiger partial charge >= 0.3 is 0 Å². The minimum absolute atomic E-state index is 0.0817. The largest absolute Gasteiger partial charge is 0.494 e. The second-order valence-corrected chi connectivity index (χ2v) is 5.57. The van der Waals surface area contributed by atoms with Crippen molar-refractivity contribution in [2.24, 2.45) is 5.92 Å². The van der Waals surface area contributed by atoms with Gasteiger partial charge in [-0.2, -0.15) is 0 Å². The first-order valence-electron chi connectivity index (χ1n) is 6.93. The summed E-state index contributed by atoms with van der Waals surface area (Å²) in [4.78, 5) is 11.9. The molecule has 2 N–H and O–H groups in total. The monoisotopic (exact) mass is 293 g/mol. The molecule has 0 radical (unpaired) electrons. The van der Waals surface area contributed by atoms with Gasteiger partial charge in [0.2, 0.25) is 5.91 Å². The van der Waals surface area contributed by atoms with E-state index in [-0.39, 0.29) is 18.3 Å². The zero-order valence-corrected chi connectivity index (χ0v) is 12.2. The lowest BCUT2D eigenvalue weighted by Crippen LogP contribution is -2.50. The number of aliphatic hydroxyl groups is 1. The lowest BCUT2D eigenvalue weighted by atomic mass is 9.97. The van der Waals surface area contributed by atoms with E-state index in [0.29, 0.717) is 11.5 Å². The highest BCUT2D eigenvalue weighted by atomic mass is 19.1. The van der Waals surface area contributed by atoms with Crippen molar-refractivity contribution in [2.75, 3.05) is 13.7 Å². The third-order valence-corrected chi connectivity index (χ3v) is 3.82. The smallest absolute Gasteiger partial charge is 0.244 e. The van der Waals surface area contributed by atoms with Crippen molar-refractivity contribution < 1.29 is 19.0 Å². The average molecular weight is 293 g/mol. The summed E-state index contributed by atoms with van der Waals surface area (Å²) in [5.74, 6) is -0.246. The van der Waals surface area contributed by atoms with Crippen LogP contribution < -0.4 is 10.1 Å². The minimum atomic E-state index is -0.568. The van der Waals surface area contributed by atoms with Gasteiger partial charge in [0.25, 0.3) is 0 Å². The second-order valence-electron chi connectivity index (χ2n) is 5.57. The molecule has 1 aliphatic carbocycles. The molecule has 1 atom stereocenters. The van der Waals surface area contributed by atoms with Crippen molar-refractivity contribution in [3.8, 4) is 5.75 Å². The number of carbonyl (C=O) groups is 1. The number of halogens is 1. The molecule has 0 heterocycles. The van der Waals surface area contributed by atoms with Crippen LogP contribution in [-0.2, 0) is 4.79 Å². The van der Waals surface area contributed by atoms with E-state index in [1.807, 2.05) is 6.92 Å². The summed E-state index contributed by atoms with van der Waals surface area (Å²) >= 11 is 0. The molecule has 5 heteroatoms. The standard InChI is InChI=1S/C16H20FNO3/c1-16(10-19,12-5-6-12)18-15(20)8-4-11-3-7-13(17)14(9-11)21-2/h3-4,7-9,12,19H,5-6,10H2,1-2H3,(H,18,20)/b8-4+. The molecule has 2 rings (SSSR count). The first kappa shape index (κ1) is 15.5. The molecule has 0 spiro atoms. The van der Waals surface area contributed by atoms with Crippen molar-refractivity contribution in [1.29, 1.82) is 0 Å². The average Bonchev–Trinajstić information content (AvgIpc) is 3.31. The van der Waals surface area contributed by atoms with Gasteiger partial charge in [-0.15, -0.1) is 0 Å². The van der Waals surface area contributed by atoms with Gasteiger partial charge in [-0.1, -0.05) is 6.07 Å². The molecule has 21 heavy (non-hydrogen) atoms. The summed E-state index contributed by atoms with van der Waals surface area (Å²) in [7, 11) is 1.39. The van der Waals surface area contributed by atoms with Crippen molar-refractivity contribution in [3.05, 3.63) is 35.7 Å². The normalized spacial score (nSPS) is 17.5. The number of rotatable bonds is 6. The molecule has 1 aliphatic rings. The first-order chi connectivity index (χ1) is 9.98. The Hall–Kier alpha value is -1.88. The van der Waals surface area contributed by atoms with Crippen LogP contribution >= 0.6 is 0 Å². The third-order valence-electron chi connectivity index (χ3n) is 3.82. The van der Waals surface area contributed by atoms with E-state index in [1.54, 1.807) is 12.1 Å². The quantitative estimate of drug-likeness (QED) is 0.790. The maximum atomic E-state index is 13.3. The fourth-order valence-corrected chi connectivity index (χ4v) is 2.27. The van der Waals surface area contributed by atoms with Gasteiger partial charge in [0.05, 0.1) is 19.3 Å². The van der Waals surface area contributed by atoms with Gasteiger partial charge in [-0.05, 0) is 49.5 Å². The highest BCUT2D eigenvalue weighted by molar-refractivity contribution is 5.92. The van der Waals surface area contributed by atoms with Crippen molar-refractivity contribution in [1.82, 2.24) is 5.32 Å². The number of methoxy groups -OCH3 is 1. The molecular formula is C16H20FNO3. The Bertz CT molecular complexity index is 554. The molecule has 0 aliphatic heterocycles. The summed E-state index contributed by atoms with van der Waals surface area (Å²) < 4.78 is 18.2. The highest BCUT2D eigenvalue weighted by Crippen LogP contribution is 2.39. The Morgan fingerprint density at radius 1 is 1.57 bits per heavy atom. The summed E-state index contributed by atoms with van der Waals surface area (Å²) in [6.45, 7) is 1.76. The van der Waals surface area contributed by atoms with Gasteiger partial charge in [-0.25, -0.2) is 4.39 Å². The zero-order valence-electron chi connectivity index (χ0n) is 12.2. The van der Waals surface area contributed by atoms with E-state index in [9.17, 15) is 14.3 Å². The Morgan fingerprint density at radius 2 is 2.29 bits per heavy atom. The van der Waals surface area contributed by atoms with Gasteiger partial charge in [0.15, 0.2) is 11.6 Å². The number of amides is 1. The van der Waals surface area contributed by atoms with Crippen LogP contribution in [0.2, 0.25) is 0 Å². The molecule has 1 aromatic carbocycles. The molecule has 114 valence electrons. The topological polar surface area (TPSA) is 58.6 Å². The lowest BCUT2D eigenvalue weighted by Gasteiger charge is -2.28. The number of benzene rings is 1. The predicted octanol–water partition coefficient (Wildman–Crippen LogP) is 2.12. The van der Waals surface area contributed by atoms with Crippen molar-refractivity contribution >= 4 is 12.0 Å². The highest BCUT2D eigenvalue weighted by Gasteiger charge is 2.41. The Morgan fingerprint density at radius 3 is 2.86 bits per heavy atom. The Kier molecular flexibility index (Phi) is 4.63. The van der Waals surface area contributed by atoms with Crippen LogP contribution in [0.5, 0.6) is 5.75 Å². The number of carbonyl (C=O) groups excluding carboxylic acids is 1. The number of aliphatic hydroxyl groups excluding tert-OH is 1. The van der Waals surface area contributed by atoms with Crippen LogP contribution in [0.25, 0.3) is 6.08 Å². The first-order valence-corrected chi connectivity index (χ1v) is 6.93. The van der Waals surface area contributed by atoms with E-state index >= 15 is 0 Å². The fourth-order valence-electron chi connectivity index (χ4n) is 2.27. The van der Waals surface area contributed by atoms with Crippen LogP contribution in [0, 0.1) is 11.7 Å². The van der Waals surface area contributed by atoms with E-state index in [2.05, 4.69) is 5.32 Å². The van der Waals surface area contributed by atoms with Crippen LogP contribution in [0.15, 0.2) is 24.3 Å². The summed E-state index contributed by atoms with van der Waals surface area (Å²) in [5, 5.41) is 12.3. The SMILES string of the molecule is COc1cc(/C=C/C(=O)NC(C)(CO)C2CC2)ccc1F. The Labute approximate surface area is 123 Å². The van der Waals surface area contributed by atoms with Gasteiger partial charge in [-0.3, -0.25) is 4.79 Å². The number of ether oxygens (including phenoxy) is 1. The summed E-state index contributed by atoms with van der Waals surface area (Å²) in [6.07, 6.45) is 5.01. The molecule has 1 aromatic rings. The molecule has 0 aromatic heterocycles. The van der Waals surface area contributed by atoms with E-state index in [4.69, 9.17) is 4.74 Å². The zero-order chi connectivity index (χ0) is 15.5. The molecule has 4 nitrogen and oxygen atoms in total. The van der Waals surface area contributed by atoms with E-state index < -0.39 is 11.4 Å². The van der Waals surface area contributed by atoms with Gasteiger partial charge in [0, 0.05) is 6.08 Å². The maximum absolute atomic E-state index is 13.3.